The maximum Gasteiger partial charge on any atom is 0.236 e. The largest absolute Gasteiger partial charge is 0.463 e. The number of rotatable bonds is 8. The van der Waals surface area contributed by atoms with Crippen LogP contribution in [-0.2, 0) is 0 Å². The van der Waals surface area contributed by atoms with Gasteiger partial charge in [-0.15, -0.1) is 11.8 Å². The molecule has 0 bridgehead atoms. The van der Waals surface area contributed by atoms with Gasteiger partial charge in [0.05, 0.1) is 11.4 Å². The first-order valence-electron chi connectivity index (χ1n) is 13.2. The zero-order chi connectivity index (χ0) is 28.2. The maximum absolute atomic E-state index is 12.1. The Morgan fingerprint density at radius 1 is 0.805 bits per heavy atom. The molecule has 2 N–H and O–H groups in total. The number of fused-ring (bicyclic) bond motifs is 2. The zero-order valence-electron chi connectivity index (χ0n) is 22.7. The van der Waals surface area contributed by atoms with Crippen molar-refractivity contribution in [2.75, 3.05) is 30.8 Å². The van der Waals surface area contributed by atoms with E-state index in [9.17, 15) is 4.39 Å². The molecule has 1 aliphatic carbocycles. The molecular formula is C30H29FN8OS. The van der Waals surface area contributed by atoms with Crippen molar-refractivity contribution in [3.05, 3.63) is 85.5 Å². The van der Waals surface area contributed by atoms with E-state index in [1.165, 1.54) is 17.7 Å². The molecule has 0 radical (unpaired) electrons. The first-order valence-corrected chi connectivity index (χ1v) is 14.4. The second-order valence-corrected chi connectivity index (χ2v) is 10.3. The highest BCUT2D eigenvalue weighted by Crippen LogP contribution is 2.26. The fourth-order valence-electron chi connectivity index (χ4n) is 4.23. The third-order valence-corrected chi connectivity index (χ3v) is 7.34. The van der Waals surface area contributed by atoms with E-state index in [4.69, 9.17) is 4.74 Å². The SMILES string of the molecule is CNc1ccn2cc(-c3ccc(SC)cc3)nc2n1.FCOc1ccc(-c2cn3ccc(NC4CC4)nc3n2)cc1. The Morgan fingerprint density at radius 3 is 1.90 bits per heavy atom. The average molecular weight is 569 g/mol. The van der Waals surface area contributed by atoms with Gasteiger partial charge in [0.25, 0.3) is 0 Å². The molecule has 9 nitrogen and oxygen atoms in total. The maximum atomic E-state index is 12.1. The Hall–Kier alpha value is -4.64. The van der Waals surface area contributed by atoms with Gasteiger partial charge in [-0.05, 0) is 67.6 Å². The molecule has 1 fully saturated rings. The first-order chi connectivity index (χ1) is 20.1. The Bertz CT molecular complexity index is 1760. The van der Waals surface area contributed by atoms with Crippen molar-refractivity contribution in [1.82, 2.24) is 28.7 Å². The fraction of sp³-hybridized carbons (Fsp3) is 0.200. The summed E-state index contributed by atoms with van der Waals surface area (Å²) < 4.78 is 20.7. The number of ether oxygens (including phenoxy) is 1. The lowest BCUT2D eigenvalue weighted by molar-refractivity contribution is 0.192. The van der Waals surface area contributed by atoms with Crippen LogP contribution in [0.4, 0.5) is 16.0 Å². The van der Waals surface area contributed by atoms with Crippen LogP contribution >= 0.6 is 11.8 Å². The molecule has 1 saturated carbocycles. The number of anilines is 2. The number of imidazole rings is 2. The minimum Gasteiger partial charge on any atom is -0.463 e. The van der Waals surface area contributed by atoms with E-state index < -0.39 is 6.86 Å². The average Bonchev–Trinajstić information content (AvgIpc) is 3.56. The Balaban J connectivity index is 0.000000149. The van der Waals surface area contributed by atoms with Crippen LogP contribution in [0.2, 0.25) is 0 Å². The van der Waals surface area contributed by atoms with Gasteiger partial charge < -0.3 is 15.4 Å². The van der Waals surface area contributed by atoms with Crippen molar-refractivity contribution in [2.45, 2.75) is 23.8 Å². The fourth-order valence-corrected chi connectivity index (χ4v) is 4.63. The molecule has 1 aliphatic rings. The number of hydrogen-bond acceptors (Lipinski definition) is 8. The Morgan fingerprint density at radius 2 is 1.37 bits per heavy atom. The third-order valence-electron chi connectivity index (χ3n) is 6.60. The number of nitrogens with one attached hydrogen (secondary N) is 2. The van der Waals surface area contributed by atoms with Crippen LogP contribution in [0.3, 0.4) is 0 Å². The summed E-state index contributed by atoms with van der Waals surface area (Å²) in [6.07, 6.45) is 12.3. The molecule has 208 valence electrons. The number of halogens is 1. The van der Waals surface area contributed by atoms with Crippen molar-refractivity contribution in [2.24, 2.45) is 0 Å². The lowest BCUT2D eigenvalue weighted by atomic mass is 10.2. The van der Waals surface area contributed by atoms with Crippen molar-refractivity contribution >= 4 is 35.0 Å². The van der Waals surface area contributed by atoms with Gasteiger partial charge in [-0.1, -0.05) is 12.1 Å². The van der Waals surface area contributed by atoms with Crippen molar-refractivity contribution < 1.29 is 9.13 Å². The molecule has 4 heterocycles. The number of nitrogens with zero attached hydrogens (tertiary/aromatic N) is 6. The summed E-state index contributed by atoms with van der Waals surface area (Å²) in [7, 11) is 1.85. The van der Waals surface area contributed by atoms with Crippen molar-refractivity contribution in [3.63, 3.8) is 0 Å². The predicted molar refractivity (Wildman–Crippen MR) is 161 cm³/mol. The number of aromatic nitrogens is 6. The lowest BCUT2D eigenvalue weighted by Crippen LogP contribution is -2.03. The van der Waals surface area contributed by atoms with Gasteiger partial charge in [0.15, 0.2) is 0 Å². The highest BCUT2D eigenvalue weighted by atomic mass is 32.2. The lowest BCUT2D eigenvalue weighted by Gasteiger charge is -2.02. The van der Waals surface area contributed by atoms with Crippen LogP contribution in [0.1, 0.15) is 12.8 Å². The van der Waals surface area contributed by atoms with E-state index in [1.54, 1.807) is 23.9 Å². The normalized spacial score (nSPS) is 12.7. The van der Waals surface area contributed by atoms with E-state index in [1.807, 2.05) is 64.9 Å². The van der Waals surface area contributed by atoms with Crippen molar-refractivity contribution in [3.8, 4) is 28.3 Å². The van der Waals surface area contributed by atoms with Gasteiger partial charge in [-0.3, -0.25) is 8.80 Å². The molecule has 11 heteroatoms. The van der Waals surface area contributed by atoms with Crippen LogP contribution in [-0.4, -0.2) is 54.9 Å². The molecule has 6 aromatic rings. The molecule has 0 amide bonds. The summed E-state index contributed by atoms with van der Waals surface area (Å²) in [5.74, 6) is 3.55. The molecule has 0 atom stereocenters. The Kier molecular flexibility index (Phi) is 7.68. The number of benzene rings is 2. The van der Waals surface area contributed by atoms with Gasteiger partial charge in [0.1, 0.15) is 17.4 Å². The van der Waals surface area contributed by atoms with E-state index in [0.717, 1.165) is 34.2 Å². The smallest absolute Gasteiger partial charge is 0.236 e. The van der Waals surface area contributed by atoms with Crippen LogP contribution in [0.15, 0.2) is 90.3 Å². The highest BCUT2D eigenvalue weighted by Gasteiger charge is 2.21. The van der Waals surface area contributed by atoms with Crippen LogP contribution < -0.4 is 15.4 Å². The first kappa shape index (κ1) is 26.6. The number of thioether (sulfide) groups is 1. The monoisotopic (exact) mass is 568 g/mol. The van der Waals surface area contributed by atoms with E-state index in [0.29, 0.717) is 23.3 Å². The second-order valence-electron chi connectivity index (χ2n) is 9.47. The topological polar surface area (TPSA) is 93.7 Å². The van der Waals surface area contributed by atoms with Gasteiger partial charge in [0, 0.05) is 53.9 Å². The predicted octanol–water partition coefficient (Wildman–Crippen LogP) is 6.44. The molecule has 4 aromatic heterocycles. The number of hydrogen-bond donors (Lipinski definition) is 2. The van der Waals surface area contributed by atoms with Gasteiger partial charge >= 0.3 is 0 Å². The van der Waals surface area contributed by atoms with Crippen molar-refractivity contribution in [1.29, 1.82) is 0 Å². The molecule has 7 rings (SSSR count). The highest BCUT2D eigenvalue weighted by molar-refractivity contribution is 7.98. The summed E-state index contributed by atoms with van der Waals surface area (Å²) in [6, 6.07) is 20.0. The molecule has 0 saturated heterocycles. The minimum absolute atomic E-state index is 0.504. The molecular weight excluding hydrogens is 539 g/mol. The van der Waals surface area contributed by atoms with E-state index in [2.05, 4.69) is 61.1 Å². The zero-order valence-corrected chi connectivity index (χ0v) is 23.5. The number of alkyl halides is 1. The summed E-state index contributed by atoms with van der Waals surface area (Å²) in [5.41, 5.74) is 3.80. The molecule has 0 aliphatic heterocycles. The van der Waals surface area contributed by atoms with Crippen LogP contribution in [0.25, 0.3) is 34.1 Å². The minimum atomic E-state index is -0.825. The summed E-state index contributed by atoms with van der Waals surface area (Å²) in [5, 5.41) is 6.38. The van der Waals surface area contributed by atoms with E-state index >= 15 is 0 Å². The van der Waals surface area contributed by atoms with Gasteiger partial charge in [0.2, 0.25) is 18.4 Å². The van der Waals surface area contributed by atoms with E-state index in [-0.39, 0.29) is 0 Å². The molecule has 0 unspecified atom stereocenters. The van der Waals surface area contributed by atoms with Crippen LogP contribution in [0, 0.1) is 0 Å². The van der Waals surface area contributed by atoms with Gasteiger partial charge in [-0.25, -0.2) is 14.4 Å². The van der Waals surface area contributed by atoms with Crippen LogP contribution in [0.5, 0.6) is 5.75 Å². The summed E-state index contributed by atoms with van der Waals surface area (Å²) in [6.45, 7) is -0.825. The quantitative estimate of drug-likeness (QED) is 0.203. The molecule has 41 heavy (non-hydrogen) atoms. The third kappa shape index (κ3) is 6.25. The summed E-state index contributed by atoms with van der Waals surface area (Å²) in [4.78, 5) is 19.3. The Labute approximate surface area is 240 Å². The molecule has 0 spiro atoms. The second kappa shape index (κ2) is 11.8. The standard InChI is InChI=1S/C16H15FN4O.C14H14N4S/c17-10-22-13-5-1-11(2-6-13)14-9-21-8-7-15(18-12-3-4-12)20-16(21)19-14;1-15-13-7-8-18-9-12(16-14(18)17-13)10-3-5-11(19-2)6-4-10/h1-2,5-9,12H,3-4,10H2,(H,18,19,20);3-9H,1-2H3,(H,15,16,17). The molecule has 2 aromatic carbocycles. The van der Waals surface area contributed by atoms with Gasteiger partial charge in [-0.2, -0.15) is 9.97 Å². The summed E-state index contributed by atoms with van der Waals surface area (Å²) >= 11 is 1.74.